The molecule has 0 aliphatic carbocycles. The highest BCUT2D eigenvalue weighted by Gasteiger charge is 2.16. The summed E-state index contributed by atoms with van der Waals surface area (Å²) in [5.74, 6) is 1.71. The standard InChI is InChI=1S/C23H22ClNO5/c1-27-21-15-19(22(28-2)14-18(21)24)25-23(26)17-10-6-7-11-20(17)30-13-12-29-16-8-4-3-5-9-16/h3-11,14-15H,12-13H2,1-2H3,(H,25,26). The highest BCUT2D eigenvalue weighted by atomic mass is 35.5. The molecule has 156 valence electrons. The summed E-state index contributed by atoms with van der Waals surface area (Å²) in [7, 11) is 3.00. The van der Waals surface area contributed by atoms with Crippen molar-refractivity contribution in [1.82, 2.24) is 0 Å². The molecule has 0 heterocycles. The maximum atomic E-state index is 12.9. The summed E-state index contributed by atoms with van der Waals surface area (Å²) in [6.45, 7) is 0.638. The fraction of sp³-hybridized carbons (Fsp3) is 0.174. The van der Waals surface area contributed by atoms with Crippen LogP contribution >= 0.6 is 11.6 Å². The number of rotatable bonds is 9. The van der Waals surface area contributed by atoms with Gasteiger partial charge in [-0.3, -0.25) is 4.79 Å². The first kappa shape index (κ1) is 21.3. The van der Waals surface area contributed by atoms with Gasteiger partial charge in [0.05, 0.1) is 30.5 Å². The largest absolute Gasteiger partial charge is 0.495 e. The second-order valence-corrected chi connectivity index (χ2v) is 6.55. The molecule has 0 aliphatic heterocycles. The lowest BCUT2D eigenvalue weighted by molar-refractivity contribution is 0.102. The molecular formula is C23H22ClNO5. The molecule has 0 bridgehead atoms. The van der Waals surface area contributed by atoms with Crippen LogP contribution < -0.4 is 24.3 Å². The molecule has 3 aromatic rings. The van der Waals surface area contributed by atoms with Crippen molar-refractivity contribution in [2.45, 2.75) is 0 Å². The van der Waals surface area contributed by atoms with Crippen molar-refractivity contribution in [3.63, 3.8) is 0 Å². The Balaban J connectivity index is 1.68. The molecule has 0 aromatic heterocycles. The van der Waals surface area contributed by atoms with E-state index >= 15 is 0 Å². The number of carbonyl (C=O) groups is 1. The van der Waals surface area contributed by atoms with Gasteiger partial charge in [0.15, 0.2) is 0 Å². The van der Waals surface area contributed by atoms with Gasteiger partial charge in [0.25, 0.3) is 5.91 Å². The van der Waals surface area contributed by atoms with E-state index in [1.54, 1.807) is 36.4 Å². The van der Waals surface area contributed by atoms with E-state index in [0.717, 1.165) is 5.75 Å². The monoisotopic (exact) mass is 427 g/mol. The molecule has 7 heteroatoms. The summed E-state index contributed by atoms with van der Waals surface area (Å²) in [6, 6.07) is 19.6. The van der Waals surface area contributed by atoms with Crippen molar-refractivity contribution in [2.75, 3.05) is 32.8 Å². The van der Waals surface area contributed by atoms with Gasteiger partial charge in [-0.2, -0.15) is 0 Å². The predicted octanol–water partition coefficient (Wildman–Crippen LogP) is 5.07. The number of halogens is 1. The lowest BCUT2D eigenvalue weighted by Crippen LogP contribution is -2.16. The molecule has 1 amide bonds. The molecule has 0 unspecified atom stereocenters. The van der Waals surface area contributed by atoms with Crippen LogP contribution in [0.15, 0.2) is 66.7 Å². The Morgan fingerprint density at radius 3 is 2.23 bits per heavy atom. The number of ether oxygens (including phenoxy) is 4. The predicted molar refractivity (Wildman–Crippen MR) is 116 cm³/mol. The van der Waals surface area contributed by atoms with E-state index in [4.69, 9.17) is 30.5 Å². The van der Waals surface area contributed by atoms with E-state index in [-0.39, 0.29) is 12.5 Å². The minimum atomic E-state index is -0.350. The van der Waals surface area contributed by atoms with E-state index < -0.39 is 0 Å². The third-order valence-electron chi connectivity index (χ3n) is 4.21. The molecule has 0 saturated carbocycles. The number of anilines is 1. The molecule has 0 aliphatic rings. The van der Waals surface area contributed by atoms with Crippen LogP contribution in [0.5, 0.6) is 23.0 Å². The summed E-state index contributed by atoms with van der Waals surface area (Å²) in [5.41, 5.74) is 0.819. The van der Waals surface area contributed by atoms with Gasteiger partial charge in [-0.1, -0.05) is 41.9 Å². The van der Waals surface area contributed by atoms with Crippen LogP contribution in [0.25, 0.3) is 0 Å². The average molecular weight is 428 g/mol. The topological polar surface area (TPSA) is 66.0 Å². The van der Waals surface area contributed by atoms with E-state index in [2.05, 4.69) is 5.32 Å². The zero-order valence-corrected chi connectivity index (χ0v) is 17.4. The van der Waals surface area contributed by atoms with Gasteiger partial charge in [0, 0.05) is 12.1 Å². The lowest BCUT2D eigenvalue weighted by Gasteiger charge is -2.15. The van der Waals surface area contributed by atoms with Crippen LogP contribution in [0.1, 0.15) is 10.4 Å². The number of hydrogen-bond donors (Lipinski definition) is 1. The molecule has 0 radical (unpaired) electrons. The van der Waals surface area contributed by atoms with Crippen molar-refractivity contribution in [2.24, 2.45) is 0 Å². The number of para-hydroxylation sites is 2. The Kier molecular flexibility index (Phi) is 7.40. The zero-order valence-electron chi connectivity index (χ0n) is 16.7. The van der Waals surface area contributed by atoms with Gasteiger partial charge >= 0.3 is 0 Å². The van der Waals surface area contributed by atoms with Crippen LogP contribution in [0.3, 0.4) is 0 Å². The average Bonchev–Trinajstić information content (AvgIpc) is 2.78. The van der Waals surface area contributed by atoms with Crippen molar-refractivity contribution in [3.8, 4) is 23.0 Å². The Labute approximate surface area is 180 Å². The Hall–Kier alpha value is -3.38. The zero-order chi connectivity index (χ0) is 21.3. The van der Waals surface area contributed by atoms with Crippen LogP contribution in [-0.4, -0.2) is 33.3 Å². The van der Waals surface area contributed by atoms with E-state index in [1.807, 2.05) is 30.3 Å². The van der Waals surface area contributed by atoms with E-state index in [0.29, 0.717) is 40.1 Å². The first-order valence-electron chi connectivity index (χ1n) is 9.25. The summed E-state index contributed by atoms with van der Waals surface area (Å²) in [6.07, 6.45) is 0. The Morgan fingerprint density at radius 2 is 1.50 bits per heavy atom. The quantitative estimate of drug-likeness (QED) is 0.483. The van der Waals surface area contributed by atoms with E-state index in [1.165, 1.54) is 14.2 Å². The van der Waals surface area contributed by atoms with Crippen molar-refractivity contribution >= 4 is 23.2 Å². The minimum absolute atomic E-state index is 0.289. The number of hydrogen-bond acceptors (Lipinski definition) is 5. The van der Waals surface area contributed by atoms with Crippen LogP contribution in [-0.2, 0) is 0 Å². The first-order valence-corrected chi connectivity index (χ1v) is 9.62. The maximum absolute atomic E-state index is 12.9. The van der Waals surface area contributed by atoms with Crippen LogP contribution in [0.2, 0.25) is 5.02 Å². The molecule has 6 nitrogen and oxygen atoms in total. The van der Waals surface area contributed by atoms with E-state index in [9.17, 15) is 4.79 Å². The molecule has 3 rings (SSSR count). The highest BCUT2D eigenvalue weighted by molar-refractivity contribution is 6.32. The third-order valence-corrected chi connectivity index (χ3v) is 4.50. The summed E-state index contributed by atoms with van der Waals surface area (Å²) in [4.78, 5) is 12.9. The molecule has 1 N–H and O–H groups in total. The van der Waals surface area contributed by atoms with Gasteiger partial charge in [-0.25, -0.2) is 0 Å². The van der Waals surface area contributed by atoms with Gasteiger partial charge in [-0.15, -0.1) is 0 Å². The fourth-order valence-electron chi connectivity index (χ4n) is 2.76. The lowest BCUT2D eigenvalue weighted by atomic mass is 10.1. The fourth-order valence-corrected chi connectivity index (χ4v) is 2.99. The van der Waals surface area contributed by atoms with Gasteiger partial charge in [0.1, 0.15) is 36.2 Å². The number of carbonyl (C=O) groups excluding carboxylic acids is 1. The molecule has 30 heavy (non-hydrogen) atoms. The Morgan fingerprint density at radius 1 is 0.833 bits per heavy atom. The molecular weight excluding hydrogens is 406 g/mol. The smallest absolute Gasteiger partial charge is 0.259 e. The van der Waals surface area contributed by atoms with Gasteiger partial charge in [-0.05, 0) is 24.3 Å². The van der Waals surface area contributed by atoms with Crippen LogP contribution in [0.4, 0.5) is 5.69 Å². The maximum Gasteiger partial charge on any atom is 0.259 e. The SMILES string of the molecule is COc1cc(NC(=O)c2ccccc2OCCOc2ccccc2)c(OC)cc1Cl. The van der Waals surface area contributed by atoms with Crippen molar-refractivity contribution < 1.29 is 23.7 Å². The van der Waals surface area contributed by atoms with Gasteiger partial charge < -0.3 is 24.3 Å². The second kappa shape index (κ2) is 10.4. The minimum Gasteiger partial charge on any atom is -0.495 e. The molecule has 0 spiro atoms. The van der Waals surface area contributed by atoms with Crippen molar-refractivity contribution in [1.29, 1.82) is 0 Å². The third kappa shape index (κ3) is 5.36. The summed E-state index contributed by atoms with van der Waals surface area (Å²) >= 11 is 6.12. The normalized spacial score (nSPS) is 10.2. The first-order chi connectivity index (χ1) is 14.6. The van der Waals surface area contributed by atoms with Crippen molar-refractivity contribution in [3.05, 3.63) is 77.3 Å². The number of benzene rings is 3. The highest BCUT2D eigenvalue weighted by Crippen LogP contribution is 2.36. The number of amides is 1. The molecule has 0 atom stereocenters. The van der Waals surface area contributed by atoms with Gasteiger partial charge in [0.2, 0.25) is 0 Å². The summed E-state index contributed by atoms with van der Waals surface area (Å²) < 4.78 is 21.9. The molecule has 0 fully saturated rings. The molecule has 3 aromatic carbocycles. The second-order valence-electron chi connectivity index (χ2n) is 6.15. The number of methoxy groups -OCH3 is 2. The van der Waals surface area contributed by atoms with Crippen LogP contribution in [0, 0.1) is 0 Å². The summed E-state index contributed by atoms with van der Waals surface area (Å²) in [5, 5.41) is 3.21. The molecule has 0 saturated heterocycles. The number of nitrogens with one attached hydrogen (secondary N) is 1. The Bertz CT molecular complexity index is 994.